The van der Waals surface area contributed by atoms with Crippen molar-refractivity contribution in [3.05, 3.63) is 118 Å². The zero-order valence-corrected chi connectivity index (χ0v) is 28.1. The number of methoxy groups -OCH3 is 1. The molecule has 1 aliphatic carbocycles. The van der Waals surface area contributed by atoms with Crippen molar-refractivity contribution in [2.75, 3.05) is 44.7 Å². The second-order valence-corrected chi connectivity index (χ2v) is 13.5. The Morgan fingerprint density at radius 1 is 0.936 bits per heavy atom. The first-order chi connectivity index (χ1) is 22.8. The molecule has 0 saturated carbocycles. The molecule has 244 valence electrons. The quantitative estimate of drug-likeness (QED) is 0.159. The zero-order chi connectivity index (χ0) is 32.8. The highest BCUT2D eigenvalue weighted by atomic mass is 35.5. The molecule has 4 aromatic rings. The van der Waals surface area contributed by atoms with Crippen LogP contribution in [0, 0.1) is 5.41 Å². The third kappa shape index (κ3) is 8.34. The highest BCUT2D eigenvalue weighted by molar-refractivity contribution is 6.30. The second kappa shape index (κ2) is 14.6. The lowest BCUT2D eigenvalue weighted by Gasteiger charge is -2.39. The van der Waals surface area contributed by atoms with Crippen LogP contribution in [0.15, 0.2) is 96.7 Å². The van der Waals surface area contributed by atoms with Crippen LogP contribution < -0.4 is 14.4 Å². The van der Waals surface area contributed by atoms with Gasteiger partial charge in [-0.25, -0.2) is 9.78 Å². The first kappa shape index (κ1) is 32.6. The SMILES string of the molecule is COC(=O)c1ccc(N2CCN(CC3=C(c4ccc(Cl)cc4)CC(C)(C)CC3)CC2)cc1Oc1ccc(OCc2ccccc2)nc1. The fourth-order valence-corrected chi connectivity index (χ4v) is 6.47. The Hall–Kier alpha value is -4.33. The van der Waals surface area contributed by atoms with Gasteiger partial charge in [-0.3, -0.25) is 4.90 Å². The first-order valence-corrected chi connectivity index (χ1v) is 16.6. The van der Waals surface area contributed by atoms with E-state index < -0.39 is 5.97 Å². The van der Waals surface area contributed by atoms with Gasteiger partial charge in [-0.1, -0.05) is 73.5 Å². The van der Waals surface area contributed by atoms with E-state index in [9.17, 15) is 4.79 Å². The molecule has 1 fully saturated rings. The van der Waals surface area contributed by atoms with Crippen LogP contribution in [-0.2, 0) is 11.3 Å². The van der Waals surface area contributed by atoms with Gasteiger partial charge in [0.2, 0.25) is 5.88 Å². The molecule has 0 radical (unpaired) electrons. The molecule has 7 nitrogen and oxygen atoms in total. The van der Waals surface area contributed by atoms with E-state index in [1.165, 1.54) is 24.7 Å². The second-order valence-electron chi connectivity index (χ2n) is 13.1. The van der Waals surface area contributed by atoms with E-state index in [2.05, 4.69) is 40.8 Å². The van der Waals surface area contributed by atoms with E-state index in [0.29, 0.717) is 35.0 Å². The fourth-order valence-electron chi connectivity index (χ4n) is 6.34. The number of allylic oxidation sites excluding steroid dienone is 1. The summed E-state index contributed by atoms with van der Waals surface area (Å²) in [7, 11) is 1.38. The summed E-state index contributed by atoms with van der Waals surface area (Å²) in [6, 6.07) is 27.5. The average molecular weight is 652 g/mol. The van der Waals surface area contributed by atoms with E-state index >= 15 is 0 Å². The summed E-state index contributed by atoms with van der Waals surface area (Å²) in [6.07, 6.45) is 5.01. The molecular weight excluding hydrogens is 610 g/mol. The number of benzene rings is 3. The molecule has 8 heteroatoms. The third-order valence-corrected chi connectivity index (χ3v) is 9.32. The van der Waals surface area contributed by atoms with Gasteiger partial charge in [0.05, 0.1) is 13.3 Å². The number of esters is 1. The summed E-state index contributed by atoms with van der Waals surface area (Å²) in [4.78, 5) is 21.9. The number of carbonyl (C=O) groups is 1. The highest BCUT2D eigenvalue weighted by Gasteiger charge is 2.29. The molecule has 0 unspecified atom stereocenters. The largest absolute Gasteiger partial charge is 0.473 e. The normalized spacial score (nSPS) is 16.6. The number of hydrogen-bond acceptors (Lipinski definition) is 7. The molecule has 1 saturated heterocycles. The smallest absolute Gasteiger partial charge is 0.341 e. The maximum Gasteiger partial charge on any atom is 0.341 e. The van der Waals surface area contributed by atoms with Crippen molar-refractivity contribution in [1.82, 2.24) is 9.88 Å². The average Bonchev–Trinajstić information content (AvgIpc) is 3.09. The Balaban J connectivity index is 1.12. The van der Waals surface area contributed by atoms with Gasteiger partial charge >= 0.3 is 5.97 Å². The van der Waals surface area contributed by atoms with E-state index in [1.54, 1.807) is 30.0 Å². The first-order valence-electron chi connectivity index (χ1n) is 16.2. The minimum Gasteiger partial charge on any atom is -0.473 e. The van der Waals surface area contributed by atoms with Crippen LogP contribution >= 0.6 is 11.6 Å². The minimum absolute atomic E-state index is 0.293. The Morgan fingerprint density at radius 3 is 2.40 bits per heavy atom. The van der Waals surface area contributed by atoms with Crippen LogP contribution in [0.25, 0.3) is 5.57 Å². The van der Waals surface area contributed by atoms with Crippen LogP contribution in [0.4, 0.5) is 5.69 Å². The van der Waals surface area contributed by atoms with Gasteiger partial charge in [-0.2, -0.15) is 0 Å². The number of anilines is 1. The number of aromatic nitrogens is 1. The van der Waals surface area contributed by atoms with E-state index in [4.69, 9.17) is 25.8 Å². The van der Waals surface area contributed by atoms with Gasteiger partial charge in [0, 0.05) is 55.6 Å². The number of hydrogen-bond donors (Lipinski definition) is 0. The maximum atomic E-state index is 12.6. The molecule has 6 rings (SSSR count). The Labute approximate surface area is 282 Å². The highest BCUT2D eigenvalue weighted by Crippen LogP contribution is 2.43. The molecule has 2 aliphatic rings. The number of ether oxygens (including phenoxy) is 3. The molecule has 1 aliphatic heterocycles. The Morgan fingerprint density at radius 2 is 1.70 bits per heavy atom. The van der Waals surface area contributed by atoms with Gasteiger partial charge in [0.15, 0.2) is 0 Å². The molecule has 3 aromatic carbocycles. The molecule has 0 atom stereocenters. The summed E-state index contributed by atoms with van der Waals surface area (Å²) in [5, 5.41) is 0.772. The number of carbonyl (C=O) groups excluding carboxylic acids is 1. The summed E-state index contributed by atoms with van der Waals surface area (Å²) < 4.78 is 17.1. The molecule has 1 aromatic heterocycles. The molecule has 47 heavy (non-hydrogen) atoms. The predicted octanol–water partition coefficient (Wildman–Crippen LogP) is 8.68. The van der Waals surface area contributed by atoms with Crippen molar-refractivity contribution in [3.63, 3.8) is 0 Å². The van der Waals surface area contributed by atoms with Crippen LogP contribution in [-0.4, -0.2) is 55.7 Å². The third-order valence-electron chi connectivity index (χ3n) is 9.07. The van der Waals surface area contributed by atoms with Crippen molar-refractivity contribution in [2.45, 2.75) is 39.7 Å². The van der Waals surface area contributed by atoms with Crippen molar-refractivity contribution in [2.24, 2.45) is 5.41 Å². The van der Waals surface area contributed by atoms with Gasteiger partial charge in [-0.05, 0) is 71.7 Å². The van der Waals surface area contributed by atoms with Crippen LogP contribution in [0.3, 0.4) is 0 Å². The predicted molar refractivity (Wildman–Crippen MR) is 188 cm³/mol. The monoisotopic (exact) mass is 651 g/mol. The van der Waals surface area contributed by atoms with Crippen molar-refractivity contribution in [1.29, 1.82) is 0 Å². The van der Waals surface area contributed by atoms with Crippen molar-refractivity contribution >= 4 is 28.8 Å². The lowest BCUT2D eigenvalue weighted by Crippen LogP contribution is -2.47. The zero-order valence-electron chi connectivity index (χ0n) is 27.4. The van der Waals surface area contributed by atoms with E-state index in [1.807, 2.05) is 54.6 Å². The molecule has 0 N–H and O–H groups in total. The van der Waals surface area contributed by atoms with Crippen molar-refractivity contribution < 1.29 is 19.0 Å². The molecular formula is C39H42ClN3O4. The number of pyridine rings is 1. The van der Waals surface area contributed by atoms with Crippen LogP contribution in [0.1, 0.15) is 54.6 Å². The van der Waals surface area contributed by atoms with Gasteiger partial charge in [0.25, 0.3) is 0 Å². The van der Waals surface area contributed by atoms with Crippen LogP contribution in [0.2, 0.25) is 5.02 Å². The number of rotatable bonds is 10. The van der Waals surface area contributed by atoms with Crippen molar-refractivity contribution in [3.8, 4) is 17.4 Å². The summed E-state index contributed by atoms with van der Waals surface area (Å²) in [5.41, 5.74) is 7.03. The topological polar surface area (TPSA) is 64.1 Å². The van der Waals surface area contributed by atoms with E-state index in [0.717, 1.165) is 61.8 Å². The standard InChI is InChI=1S/C39H42ClN3O4/c1-39(2)18-17-30(35(24-39)29-9-11-31(40)12-10-29)26-42-19-21-43(22-20-42)32-13-15-34(38(44)45-3)36(23-32)47-33-14-16-37(41-25-33)46-27-28-7-5-4-6-8-28/h4-16,23,25H,17-22,24,26-27H2,1-3H3. The lowest BCUT2D eigenvalue weighted by atomic mass is 9.72. The summed E-state index contributed by atoms with van der Waals surface area (Å²) in [6.45, 7) is 9.80. The fraction of sp³-hybridized carbons (Fsp3) is 0.333. The molecule has 0 amide bonds. The Bertz CT molecular complexity index is 1700. The summed E-state index contributed by atoms with van der Waals surface area (Å²) in [5.74, 6) is 0.977. The maximum absolute atomic E-state index is 12.6. The van der Waals surface area contributed by atoms with E-state index in [-0.39, 0.29) is 0 Å². The molecule has 2 heterocycles. The van der Waals surface area contributed by atoms with Gasteiger partial charge in [-0.15, -0.1) is 0 Å². The van der Waals surface area contributed by atoms with Gasteiger partial charge in [0.1, 0.15) is 23.7 Å². The van der Waals surface area contributed by atoms with Gasteiger partial charge < -0.3 is 19.1 Å². The molecule has 0 bridgehead atoms. The van der Waals surface area contributed by atoms with Crippen LogP contribution in [0.5, 0.6) is 17.4 Å². The lowest BCUT2D eigenvalue weighted by molar-refractivity contribution is 0.0598. The number of nitrogens with zero attached hydrogens (tertiary/aromatic N) is 3. The minimum atomic E-state index is -0.451. The Kier molecular flexibility index (Phi) is 10.1. The summed E-state index contributed by atoms with van der Waals surface area (Å²) >= 11 is 6.21. The molecule has 0 spiro atoms. The number of halogens is 1. The number of piperazine rings is 1.